The van der Waals surface area contributed by atoms with Crippen molar-refractivity contribution in [2.24, 2.45) is 0 Å². The fraction of sp³-hybridized carbons (Fsp3) is 0. The summed E-state index contributed by atoms with van der Waals surface area (Å²) in [6.45, 7) is 0. The second-order valence-electron chi connectivity index (χ2n) is 19.6. The molecule has 0 spiro atoms. The summed E-state index contributed by atoms with van der Waals surface area (Å²) in [5.41, 5.74) is 14.9. The smallest absolute Gasteiger partial charge is 0.159 e. The van der Waals surface area contributed by atoms with Crippen LogP contribution in [-0.4, -0.2) is 4.40 Å². The lowest BCUT2D eigenvalue weighted by Gasteiger charge is -2.26. The van der Waals surface area contributed by atoms with Gasteiger partial charge in [0.15, 0.2) is 11.2 Å². The minimum Gasteiger partial charge on any atom is -0.456 e. The molecular formula is C68H39N3O3. The Bertz CT molecular complexity index is 5160. The van der Waals surface area contributed by atoms with E-state index in [0.29, 0.717) is 0 Å². The molecule has 0 saturated heterocycles. The Morgan fingerprint density at radius 2 is 0.743 bits per heavy atom. The Kier molecular flexibility index (Phi) is 7.91. The predicted molar refractivity (Wildman–Crippen MR) is 307 cm³/mol. The number of nitrogens with zero attached hydrogens (tertiary/aromatic N) is 3. The fourth-order valence-electron chi connectivity index (χ4n) is 12.4. The van der Waals surface area contributed by atoms with Gasteiger partial charge in [-0.3, -0.25) is 0 Å². The van der Waals surface area contributed by atoms with Crippen molar-refractivity contribution in [3.8, 4) is 0 Å². The van der Waals surface area contributed by atoms with Gasteiger partial charge in [0.25, 0.3) is 0 Å². The van der Waals surface area contributed by atoms with Gasteiger partial charge in [0, 0.05) is 76.6 Å². The van der Waals surface area contributed by atoms with Crippen molar-refractivity contribution in [1.82, 2.24) is 4.40 Å². The largest absolute Gasteiger partial charge is 0.456 e. The standard InChI is InChI=1S/C68H39N3O3/c1-3-15-44(16-4-1)69(56-24-13-22-50-48-19-7-10-26-60(48)73-67(50)56)46-31-29-40-35-53-54-39-63-64(52-21-9-12-28-62(52)72-63)65-55-36-41-30-32-47(34-43(41)38-59(55)71(66(54)65)58(53)37-42(40)33-46)70(45-17-5-2-6-18-45)57-25-14-23-51-49-20-8-11-27-61(49)74-68(51)57/h1-39H. The van der Waals surface area contributed by atoms with Crippen molar-refractivity contribution >= 4 is 160 Å². The van der Waals surface area contributed by atoms with E-state index in [9.17, 15) is 0 Å². The first-order valence-electron chi connectivity index (χ1n) is 25.1. The minimum atomic E-state index is 0.855. The highest BCUT2D eigenvalue weighted by Gasteiger charge is 2.26. The zero-order valence-electron chi connectivity index (χ0n) is 39.6. The Hall–Kier alpha value is -10.0. The van der Waals surface area contributed by atoms with E-state index in [1.165, 1.54) is 27.1 Å². The Morgan fingerprint density at radius 3 is 1.31 bits per heavy atom. The van der Waals surface area contributed by atoms with Crippen LogP contribution < -0.4 is 9.80 Å². The number of anilines is 6. The number of hydrogen-bond donors (Lipinski definition) is 0. The number of fused-ring (bicyclic) bond motifs is 18. The summed E-state index contributed by atoms with van der Waals surface area (Å²) in [6, 6.07) is 84.7. The molecule has 5 aromatic heterocycles. The number of para-hydroxylation sites is 7. The third-order valence-electron chi connectivity index (χ3n) is 15.6. The molecule has 0 unspecified atom stereocenters. The quantitative estimate of drug-likeness (QED) is 0.166. The molecule has 0 saturated carbocycles. The lowest BCUT2D eigenvalue weighted by Crippen LogP contribution is -2.10. The number of rotatable bonds is 6. The monoisotopic (exact) mass is 945 g/mol. The zero-order chi connectivity index (χ0) is 48.2. The van der Waals surface area contributed by atoms with Crippen molar-refractivity contribution in [3.63, 3.8) is 0 Å². The molecule has 0 aliphatic rings. The van der Waals surface area contributed by atoms with Gasteiger partial charge in [-0.25, -0.2) is 0 Å². The topological polar surface area (TPSA) is 50.3 Å². The maximum Gasteiger partial charge on any atom is 0.159 e. The van der Waals surface area contributed by atoms with Crippen LogP contribution in [0.5, 0.6) is 0 Å². The van der Waals surface area contributed by atoms with Crippen LogP contribution in [0.25, 0.3) is 125 Å². The molecule has 0 N–H and O–H groups in total. The van der Waals surface area contributed by atoms with Gasteiger partial charge < -0.3 is 27.5 Å². The van der Waals surface area contributed by atoms with E-state index in [1.54, 1.807) is 0 Å². The van der Waals surface area contributed by atoms with Gasteiger partial charge in [-0.05, 0) is 131 Å². The maximum absolute atomic E-state index is 6.75. The highest BCUT2D eigenvalue weighted by molar-refractivity contribution is 6.36. The highest BCUT2D eigenvalue weighted by atomic mass is 16.3. The van der Waals surface area contributed by atoms with Crippen molar-refractivity contribution in [2.45, 2.75) is 0 Å². The van der Waals surface area contributed by atoms with Crippen LogP contribution in [0.4, 0.5) is 34.1 Å². The molecule has 5 heterocycles. The summed E-state index contributed by atoms with van der Waals surface area (Å²) in [5, 5.41) is 16.0. The minimum absolute atomic E-state index is 0.855. The van der Waals surface area contributed by atoms with E-state index in [1.807, 2.05) is 24.3 Å². The van der Waals surface area contributed by atoms with Crippen LogP contribution >= 0.6 is 0 Å². The lowest BCUT2D eigenvalue weighted by molar-refractivity contribution is 0.668. The normalized spacial score (nSPS) is 12.3. The number of aromatic nitrogens is 1. The summed E-state index contributed by atoms with van der Waals surface area (Å²) in [6.07, 6.45) is 0. The average Bonchev–Trinajstić information content (AvgIpc) is 4.38. The summed E-state index contributed by atoms with van der Waals surface area (Å²) in [4.78, 5) is 4.65. The van der Waals surface area contributed by atoms with Crippen LogP contribution in [0.15, 0.2) is 250 Å². The predicted octanol–water partition coefficient (Wildman–Crippen LogP) is 19.8. The van der Waals surface area contributed by atoms with Gasteiger partial charge in [-0.1, -0.05) is 127 Å². The first-order chi connectivity index (χ1) is 36.7. The number of benzene rings is 12. The van der Waals surface area contributed by atoms with Crippen molar-refractivity contribution < 1.29 is 13.3 Å². The molecule has 344 valence electrons. The molecule has 17 rings (SSSR count). The van der Waals surface area contributed by atoms with E-state index in [2.05, 4.69) is 227 Å². The second kappa shape index (κ2) is 14.8. The SMILES string of the molecule is c1ccc(N(c2ccc3cc4c5cc6oc7ccccc7c6c6c7cc8ccc(N(c9ccccc9)c9cccc%10c9oc9ccccc9%10)cc8cc7n(c4cc3c2)c56)c2cccc3c2oc2ccccc23)cc1. The Balaban J connectivity index is 0.922. The van der Waals surface area contributed by atoms with E-state index < -0.39 is 0 Å². The summed E-state index contributed by atoms with van der Waals surface area (Å²) in [5.74, 6) is 0. The molecule has 0 aliphatic heterocycles. The Labute approximate surface area is 421 Å². The van der Waals surface area contributed by atoms with Crippen LogP contribution in [-0.2, 0) is 0 Å². The molecule has 0 atom stereocenters. The number of furan rings is 3. The third-order valence-corrected chi connectivity index (χ3v) is 15.6. The van der Waals surface area contributed by atoms with E-state index in [0.717, 1.165) is 133 Å². The van der Waals surface area contributed by atoms with Crippen LogP contribution in [0.3, 0.4) is 0 Å². The third kappa shape index (κ3) is 5.48. The molecule has 74 heavy (non-hydrogen) atoms. The summed E-state index contributed by atoms with van der Waals surface area (Å²) in [7, 11) is 0. The van der Waals surface area contributed by atoms with Gasteiger partial charge in [-0.15, -0.1) is 0 Å². The molecule has 0 bridgehead atoms. The molecule has 6 heteroatoms. The van der Waals surface area contributed by atoms with E-state index >= 15 is 0 Å². The fourth-order valence-corrected chi connectivity index (χ4v) is 12.4. The zero-order valence-corrected chi connectivity index (χ0v) is 39.6. The first-order valence-corrected chi connectivity index (χ1v) is 25.1. The first kappa shape index (κ1) is 39.7. The molecule has 0 aliphatic carbocycles. The Morgan fingerprint density at radius 1 is 0.270 bits per heavy atom. The summed E-state index contributed by atoms with van der Waals surface area (Å²) < 4.78 is 22.6. The van der Waals surface area contributed by atoms with Gasteiger partial charge >= 0.3 is 0 Å². The maximum atomic E-state index is 6.75. The molecule has 17 aromatic rings. The second-order valence-corrected chi connectivity index (χ2v) is 19.6. The lowest BCUT2D eigenvalue weighted by atomic mass is 9.99. The summed E-state index contributed by atoms with van der Waals surface area (Å²) >= 11 is 0. The van der Waals surface area contributed by atoms with Crippen molar-refractivity contribution in [3.05, 3.63) is 237 Å². The van der Waals surface area contributed by atoms with Gasteiger partial charge in [0.2, 0.25) is 0 Å². The molecule has 0 amide bonds. The average molecular weight is 946 g/mol. The molecule has 0 radical (unpaired) electrons. The van der Waals surface area contributed by atoms with Gasteiger partial charge in [0.1, 0.15) is 22.3 Å². The molecule has 12 aromatic carbocycles. The van der Waals surface area contributed by atoms with Gasteiger partial charge in [-0.2, -0.15) is 0 Å². The van der Waals surface area contributed by atoms with E-state index in [4.69, 9.17) is 13.3 Å². The molecular weight excluding hydrogens is 907 g/mol. The van der Waals surface area contributed by atoms with Crippen molar-refractivity contribution in [2.75, 3.05) is 9.80 Å². The van der Waals surface area contributed by atoms with Crippen LogP contribution in [0.1, 0.15) is 0 Å². The van der Waals surface area contributed by atoms with Crippen LogP contribution in [0, 0.1) is 0 Å². The van der Waals surface area contributed by atoms with Gasteiger partial charge in [0.05, 0.1) is 27.9 Å². The van der Waals surface area contributed by atoms with Crippen molar-refractivity contribution in [1.29, 1.82) is 0 Å². The highest BCUT2D eigenvalue weighted by Crippen LogP contribution is 2.50. The van der Waals surface area contributed by atoms with E-state index in [-0.39, 0.29) is 0 Å². The molecule has 6 nitrogen and oxygen atoms in total. The van der Waals surface area contributed by atoms with Crippen LogP contribution in [0.2, 0.25) is 0 Å². The number of hydrogen-bond acceptors (Lipinski definition) is 5. The molecule has 0 fully saturated rings.